The van der Waals surface area contributed by atoms with Gasteiger partial charge in [0.1, 0.15) is 6.04 Å². The highest BCUT2D eigenvalue weighted by atomic mass is 32.2. The van der Waals surface area contributed by atoms with E-state index in [-0.39, 0.29) is 30.4 Å². The summed E-state index contributed by atoms with van der Waals surface area (Å²) < 4.78 is -1.41. The zero-order valence-corrected chi connectivity index (χ0v) is 23.4. The molecule has 1 N–H and O–H groups in total. The highest BCUT2D eigenvalue weighted by Crippen LogP contribution is 2.65. The van der Waals surface area contributed by atoms with Gasteiger partial charge in [-0.1, -0.05) is 55.3 Å². The van der Waals surface area contributed by atoms with Crippen LogP contribution in [0.25, 0.3) is 0 Å². The Hall–Kier alpha value is -2.58. The molecule has 0 aliphatic carbocycles. The maximum absolute atomic E-state index is 14.4. The SMILES string of the molecule is CC(C)N1CC=C[C@]23S[C@@]4(C)C=CCN(c5ccccc5)C(=O)[C@H]4[C@H]2C(=O)N(CCCCCCO)C3C1=O. The molecule has 0 radical (unpaired) electrons. The second-order valence-corrected chi connectivity index (χ2v) is 13.1. The van der Waals surface area contributed by atoms with Crippen LogP contribution in [0.2, 0.25) is 0 Å². The minimum Gasteiger partial charge on any atom is -0.396 e. The molecule has 0 aromatic heterocycles. The molecule has 38 heavy (non-hydrogen) atoms. The van der Waals surface area contributed by atoms with E-state index in [1.54, 1.807) is 21.6 Å². The van der Waals surface area contributed by atoms with Gasteiger partial charge in [0.2, 0.25) is 17.7 Å². The van der Waals surface area contributed by atoms with E-state index in [0.717, 1.165) is 31.4 Å². The molecule has 1 spiro atoms. The number of benzene rings is 1. The lowest BCUT2D eigenvalue weighted by atomic mass is 9.74. The van der Waals surface area contributed by atoms with Crippen molar-refractivity contribution in [2.24, 2.45) is 11.8 Å². The number of carbonyl (C=O) groups is 3. The number of anilines is 1. The summed E-state index contributed by atoms with van der Waals surface area (Å²) in [5.41, 5.74) is 0.818. The number of fused-ring (bicyclic) bond motifs is 2. The Morgan fingerprint density at radius 2 is 1.63 bits per heavy atom. The highest BCUT2D eigenvalue weighted by Gasteiger charge is 2.73. The Morgan fingerprint density at radius 1 is 0.921 bits per heavy atom. The molecule has 3 amide bonds. The number of thioether (sulfide) groups is 1. The Balaban J connectivity index is 1.56. The van der Waals surface area contributed by atoms with Gasteiger partial charge in [-0.2, -0.15) is 0 Å². The lowest BCUT2D eigenvalue weighted by Gasteiger charge is -2.37. The number of nitrogens with zero attached hydrogens (tertiary/aromatic N) is 3. The molecule has 1 aromatic rings. The normalized spacial score (nSPS) is 32.5. The first-order valence-corrected chi connectivity index (χ1v) is 14.7. The van der Waals surface area contributed by atoms with Gasteiger partial charge in [0.15, 0.2) is 0 Å². The molecule has 4 heterocycles. The Bertz CT molecular complexity index is 1140. The van der Waals surface area contributed by atoms with Crippen molar-refractivity contribution in [2.75, 3.05) is 31.1 Å². The molecule has 2 fully saturated rings. The van der Waals surface area contributed by atoms with E-state index in [1.807, 2.05) is 61.2 Å². The number of rotatable bonds is 8. The summed E-state index contributed by atoms with van der Waals surface area (Å²) in [5, 5.41) is 9.15. The first-order valence-electron chi connectivity index (χ1n) is 13.9. The third-order valence-corrected chi connectivity index (χ3v) is 10.4. The molecule has 5 rings (SSSR count). The maximum Gasteiger partial charge on any atom is 0.247 e. The zero-order chi connectivity index (χ0) is 27.1. The number of hydrogen-bond acceptors (Lipinski definition) is 5. The Kier molecular flexibility index (Phi) is 7.48. The predicted octanol–water partition coefficient (Wildman–Crippen LogP) is 3.64. The summed E-state index contributed by atoms with van der Waals surface area (Å²) in [5.74, 6) is -1.36. The molecule has 8 heteroatoms. The van der Waals surface area contributed by atoms with Crippen molar-refractivity contribution in [2.45, 2.75) is 68.0 Å². The fourth-order valence-electron chi connectivity index (χ4n) is 6.83. The van der Waals surface area contributed by atoms with Gasteiger partial charge in [-0.15, -0.1) is 11.8 Å². The molecule has 204 valence electrons. The lowest BCUT2D eigenvalue weighted by Crippen LogP contribution is -2.54. The highest BCUT2D eigenvalue weighted by molar-refractivity contribution is 8.02. The number of hydrogen-bond donors (Lipinski definition) is 1. The number of aliphatic hydroxyl groups is 1. The van der Waals surface area contributed by atoms with Gasteiger partial charge in [0.25, 0.3) is 0 Å². The fourth-order valence-corrected chi connectivity index (χ4v) is 8.99. The summed E-state index contributed by atoms with van der Waals surface area (Å²) in [6.45, 7) is 7.68. The van der Waals surface area contributed by atoms with Gasteiger partial charge in [-0.25, -0.2) is 0 Å². The molecule has 4 aliphatic rings. The first kappa shape index (κ1) is 27.0. The van der Waals surface area contributed by atoms with E-state index in [9.17, 15) is 14.4 Å². The van der Waals surface area contributed by atoms with Crippen molar-refractivity contribution < 1.29 is 19.5 Å². The quantitative estimate of drug-likeness (QED) is 0.405. The standard InChI is InChI=1S/C30H39N3O4S/c1-21(2)31-18-12-16-30-24(27(36)33(25(30)28(31)37)17-9-4-5-10-20-34)23-26(35)32(22-13-7-6-8-14-22)19-11-15-29(23,3)38-30/h6-8,11-16,21,23-25,34H,4-5,9-10,17-20H2,1-3H3/t23-,24+,25?,29+,30+/m1/s1. The summed E-state index contributed by atoms with van der Waals surface area (Å²) in [6.07, 6.45) is 11.5. The van der Waals surface area contributed by atoms with E-state index in [2.05, 4.69) is 19.1 Å². The van der Waals surface area contributed by atoms with Gasteiger partial charge in [0.05, 0.1) is 16.6 Å². The number of amides is 3. The number of likely N-dealkylation sites (tertiary alicyclic amines) is 1. The number of para-hydroxylation sites is 1. The van der Waals surface area contributed by atoms with E-state index in [0.29, 0.717) is 19.6 Å². The third-order valence-electron chi connectivity index (χ3n) is 8.59. The van der Waals surface area contributed by atoms with Gasteiger partial charge in [0, 0.05) is 42.7 Å². The Labute approximate surface area is 229 Å². The summed E-state index contributed by atoms with van der Waals surface area (Å²) >= 11 is 1.63. The molecular weight excluding hydrogens is 498 g/mol. The van der Waals surface area contributed by atoms with Crippen molar-refractivity contribution in [1.82, 2.24) is 9.80 Å². The van der Waals surface area contributed by atoms with E-state index in [1.165, 1.54) is 0 Å². The van der Waals surface area contributed by atoms with Gasteiger partial charge < -0.3 is 19.8 Å². The smallest absolute Gasteiger partial charge is 0.247 e. The van der Waals surface area contributed by atoms with Crippen LogP contribution in [0, 0.1) is 11.8 Å². The van der Waals surface area contributed by atoms with Crippen LogP contribution in [0.15, 0.2) is 54.6 Å². The van der Waals surface area contributed by atoms with Crippen LogP contribution < -0.4 is 4.90 Å². The van der Waals surface area contributed by atoms with Crippen LogP contribution in [-0.2, 0) is 14.4 Å². The van der Waals surface area contributed by atoms with Gasteiger partial charge in [-0.3, -0.25) is 14.4 Å². The van der Waals surface area contributed by atoms with Crippen molar-refractivity contribution in [3.63, 3.8) is 0 Å². The number of aliphatic hydroxyl groups excluding tert-OH is 1. The topological polar surface area (TPSA) is 81.2 Å². The van der Waals surface area contributed by atoms with Crippen LogP contribution in [0.1, 0.15) is 46.5 Å². The van der Waals surface area contributed by atoms with Crippen LogP contribution in [0.3, 0.4) is 0 Å². The first-order chi connectivity index (χ1) is 18.2. The third kappa shape index (κ3) is 4.30. The molecule has 7 nitrogen and oxygen atoms in total. The van der Waals surface area contributed by atoms with E-state index >= 15 is 0 Å². The predicted molar refractivity (Wildman–Crippen MR) is 151 cm³/mol. The number of carbonyl (C=O) groups excluding carboxylic acids is 3. The molecule has 1 aromatic carbocycles. The van der Waals surface area contributed by atoms with Crippen molar-refractivity contribution in [1.29, 1.82) is 0 Å². The minimum atomic E-state index is -0.804. The monoisotopic (exact) mass is 537 g/mol. The van der Waals surface area contributed by atoms with E-state index in [4.69, 9.17) is 5.11 Å². The molecule has 0 saturated carbocycles. The molecule has 1 unspecified atom stereocenters. The summed E-state index contributed by atoms with van der Waals surface area (Å²) in [7, 11) is 0. The molecule has 0 bridgehead atoms. The molecule has 2 saturated heterocycles. The second-order valence-electron chi connectivity index (χ2n) is 11.3. The van der Waals surface area contributed by atoms with Crippen LogP contribution in [0.4, 0.5) is 5.69 Å². The summed E-state index contributed by atoms with van der Waals surface area (Å²) in [4.78, 5) is 48.3. The zero-order valence-electron chi connectivity index (χ0n) is 22.6. The van der Waals surface area contributed by atoms with Crippen LogP contribution in [-0.4, -0.2) is 80.4 Å². The van der Waals surface area contributed by atoms with Crippen molar-refractivity contribution in [3.8, 4) is 0 Å². The maximum atomic E-state index is 14.4. The lowest BCUT2D eigenvalue weighted by molar-refractivity contribution is -0.143. The minimum absolute atomic E-state index is 0.00502. The van der Waals surface area contributed by atoms with E-state index < -0.39 is 27.4 Å². The van der Waals surface area contributed by atoms with Gasteiger partial charge in [-0.05, 0) is 45.7 Å². The van der Waals surface area contributed by atoms with Crippen molar-refractivity contribution >= 4 is 35.2 Å². The van der Waals surface area contributed by atoms with Crippen LogP contribution >= 0.6 is 11.8 Å². The fraction of sp³-hybridized carbons (Fsp3) is 0.567. The molecule has 5 atom stereocenters. The number of unbranched alkanes of at least 4 members (excludes halogenated alkanes) is 3. The largest absolute Gasteiger partial charge is 0.396 e. The summed E-state index contributed by atoms with van der Waals surface area (Å²) in [6, 6.07) is 9.00. The van der Waals surface area contributed by atoms with Gasteiger partial charge >= 0.3 is 0 Å². The molecular formula is C30H39N3O4S. The average Bonchev–Trinajstić information content (AvgIpc) is 3.15. The second kappa shape index (κ2) is 10.5. The average molecular weight is 538 g/mol. The Morgan fingerprint density at radius 3 is 2.34 bits per heavy atom. The van der Waals surface area contributed by atoms with Crippen LogP contribution in [0.5, 0.6) is 0 Å². The van der Waals surface area contributed by atoms with Crippen molar-refractivity contribution in [3.05, 3.63) is 54.6 Å². The molecule has 4 aliphatic heterocycles.